The number of carbonyl (C=O) groups excluding carboxylic acids is 2. The van der Waals surface area contributed by atoms with E-state index >= 15 is 0 Å². The molecule has 0 aliphatic heterocycles. The van der Waals surface area contributed by atoms with E-state index in [1.54, 1.807) is 11.6 Å². The molecule has 0 saturated heterocycles. The van der Waals surface area contributed by atoms with E-state index in [4.69, 9.17) is 10.3 Å². The minimum Gasteiger partial charge on any atom is -0.365 e. The minimum atomic E-state index is -0.721. The molecule has 0 fully saturated rings. The smallest absolute Gasteiger partial charge is 0.256 e. The van der Waals surface area contributed by atoms with Crippen molar-refractivity contribution in [2.24, 2.45) is 11.7 Å². The summed E-state index contributed by atoms with van der Waals surface area (Å²) in [5.74, 6) is -1.12. The molecular formula is C13H16N4O3S. The summed E-state index contributed by atoms with van der Waals surface area (Å²) in [6.45, 7) is 3.84. The van der Waals surface area contributed by atoms with E-state index in [-0.39, 0.29) is 29.0 Å². The zero-order chi connectivity index (χ0) is 15.4. The predicted octanol–water partition coefficient (Wildman–Crippen LogP) is 2.27. The summed E-state index contributed by atoms with van der Waals surface area (Å²) < 4.78 is 5.07. The molecule has 2 aromatic heterocycles. The highest BCUT2D eigenvalue weighted by Gasteiger charge is 2.26. The summed E-state index contributed by atoms with van der Waals surface area (Å²) in [6, 6.07) is 0. The Morgan fingerprint density at radius 1 is 1.43 bits per heavy atom. The molecule has 2 rings (SSSR count). The maximum absolute atomic E-state index is 12.1. The van der Waals surface area contributed by atoms with Gasteiger partial charge < -0.3 is 10.3 Å². The topological polar surface area (TPSA) is 111 Å². The standard InChI is InChI=1S/C13H16N4O3S/c1-3-7(4-2)11(19)16-12-8(10(14)18)9(17-20-12)13-15-5-6-21-13/h5-7H,3-4H2,1-2H3,(H2,14,18)(H,16,19). The van der Waals surface area contributed by atoms with Crippen LogP contribution in [0.3, 0.4) is 0 Å². The summed E-state index contributed by atoms with van der Waals surface area (Å²) >= 11 is 1.30. The Morgan fingerprint density at radius 3 is 2.67 bits per heavy atom. The minimum absolute atomic E-state index is 0.0235. The van der Waals surface area contributed by atoms with Gasteiger partial charge in [0, 0.05) is 17.5 Å². The van der Waals surface area contributed by atoms with Gasteiger partial charge in [0.1, 0.15) is 10.6 Å². The molecular weight excluding hydrogens is 292 g/mol. The number of nitrogens with zero attached hydrogens (tertiary/aromatic N) is 2. The lowest BCUT2D eigenvalue weighted by atomic mass is 10.0. The van der Waals surface area contributed by atoms with Gasteiger partial charge in [-0.3, -0.25) is 14.9 Å². The van der Waals surface area contributed by atoms with Gasteiger partial charge in [0.2, 0.25) is 11.8 Å². The lowest BCUT2D eigenvalue weighted by molar-refractivity contribution is -0.120. The number of nitrogens with one attached hydrogen (secondary N) is 1. The van der Waals surface area contributed by atoms with Crippen molar-refractivity contribution in [3.05, 3.63) is 17.1 Å². The molecule has 0 atom stereocenters. The Kier molecular flexibility index (Phi) is 4.69. The molecule has 0 bridgehead atoms. The highest BCUT2D eigenvalue weighted by atomic mass is 32.1. The van der Waals surface area contributed by atoms with Crippen molar-refractivity contribution in [3.63, 3.8) is 0 Å². The van der Waals surface area contributed by atoms with E-state index in [1.807, 2.05) is 13.8 Å². The first-order valence-electron chi connectivity index (χ1n) is 6.58. The number of anilines is 1. The van der Waals surface area contributed by atoms with Crippen molar-refractivity contribution in [1.29, 1.82) is 0 Å². The lowest BCUT2D eigenvalue weighted by Gasteiger charge is -2.10. The van der Waals surface area contributed by atoms with Crippen molar-refractivity contribution in [1.82, 2.24) is 10.1 Å². The molecule has 7 nitrogen and oxygen atoms in total. The Morgan fingerprint density at radius 2 is 2.14 bits per heavy atom. The molecule has 21 heavy (non-hydrogen) atoms. The van der Waals surface area contributed by atoms with Crippen molar-refractivity contribution in [3.8, 4) is 10.7 Å². The number of hydrogen-bond acceptors (Lipinski definition) is 6. The van der Waals surface area contributed by atoms with Gasteiger partial charge in [0.05, 0.1) is 0 Å². The highest BCUT2D eigenvalue weighted by molar-refractivity contribution is 7.13. The van der Waals surface area contributed by atoms with E-state index < -0.39 is 5.91 Å². The van der Waals surface area contributed by atoms with Crippen molar-refractivity contribution < 1.29 is 14.1 Å². The fraction of sp³-hybridized carbons (Fsp3) is 0.385. The zero-order valence-electron chi connectivity index (χ0n) is 11.8. The first-order valence-corrected chi connectivity index (χ1v) is 7.46. The SMILES string of the molecule is CCC(CC)C(=O)Nc1onc(-c2nccs2)c1C(N)=O. The maximum atomic E-state index is 12.1. The number of nitrogens with two attached hydrogens (primary N) is 1. The molecule has 0 aromatic carbocycles. The van der Waals surface area contributed by atoms with E-state index in [0.29, 0.717) is 17.8 Å². The second-order valence-corrected chi connectivity index (χ2v) is 5.33. The van der Waals surface area contributed by atoms with Gasteiger partial charge in [0.25, 0.3) is 5.91 Å². The Labute approximate surface area is 125 Å². The average Bonchev–Trinajstić information content (AvgIpc) is 3.08. The van der Waals surface area contributed by atoms with Crippen LogP contribution in [0.5, 0.6) is 0 Å². The third-order valence-corrected chi connectivity index (χ3v) is 3.95. The lowest BCUT2D eigenvalue weighted by Crippen LogP contribution is -2.23. The molecule has 0 saturated carbocycles. The van der Waals surface area contributed by atoms with Crippen LogP contribution in [0.4, 0.5) is 5.88 Å². The molecule has 0 spiro atoms. The molecule has 112 valence electrons. The van der Waals surface area contributed by atoms with Crippen molar-refractivity contribution >= 4 is 29.0 Å². The average molecular weight is 308 g/mol. The fourth-order valence-corrected chi connectivity index (χ4v) is 2.59. The van der Waals surface area contributed by atoms with Crippen molar-refractivity contribution in [2.75, 3.05) is 5.32 Å². The number of carbonyl (C=O) groups is 2. The molecule has 3 N–H and O–H groups in total. The summed E-state index contributed by atoms with van der Waals surface area (Å²) in [7, 11) is 0. The van der Waals surface area contributed by atoms with E-state index in [1.165, 1.54) is 11.3 Å². The summed E-state index contributed by atoms with van der Waals surface area (Å²) in [5.41, 5.74) is 5.66. The molecule has 8 heteroatoms. The van der Waals surface area contributed by atoms with E-state index in [2.05, 4.69) is 15.5 Å². The van der Waals surface area contributed by atoms with Gasteiger partial charge in [-0.25, -0.2) is 4.98 Å². The molecule has 0 aliphatic rings. The highest BCUT2D eigenvalue weighted by Crippen LogP contribution is 2.30. The molecule has 0 unspecified atom stereocenters. The predicted molar refractivity (Wildman–Crippen MR) is 78.8 cm³/mol. The molecule has 2 aromatic rings. The maximum Gasteiger partial charge on any atom is 0.256 e. The number of rotatable bonds is 6. The van der Waals surface area contributed by atoms with Crippen LogP contribution in [0.2, 0.25) is 0 Å². The van der Waals surface area contributed by atoms with Gasteiger partial charge >= 0.3 is 0 Å². The van der Waals surface area contributed by atoms with E-state index in [9.17, 15) is 9.59 Å². The van der Waals surface area contributed by atoms with Gasteiger partial charge in [-0.1, -0.05) is 19.0 Å². The summed E-state index contributed by atoms with van der Waals surface area (Å²) in [4.78, 5) is 27.8. The quantitative estimate of drug-likeness (QED) is 0.850. The van der Waals surface area contributed by atoms with E-state index in [0.717, 1.165) is 0 Å². The monoisotopic (exact) mass is 308 g/mol. The number of hydrogen-bond donors (Lipinski definition) is 2. The Balaban J connectivity index is 2.33. The summed E-state index contributed by atoms with van der Waals surface area (Å²) in [6.07, 6.45) is 2.98. The van der Waals surface area contributed by atoms with Crippen molar-refractivity contribution in [2.45, 2.75) is 26.7 Å². The van der Waals surface area contributed by atoms with Crippen LogP contribution in [0.25, 0.3) is 10.7 Å². The van der Waals surface area contributed by atoms with Gasteiger partial charge in [-0.2, -0.15) is 0 Å². The van der Waals surface area contributed by atoms with Crippen LogP contribution < -0.4 is 11.1 Å². The molecule has 2 heterocycles. The fourth-order valence-electron chi connectivity index (χ4n) is 1.96. The van der Waals surface area contributed by atoms with Crippen LogP contribution in [-0.4, -0.2) is 22.0 Å². The number of thiazole rings is 1. The van der Waals surface area contributed by atoms with Crippen LogP contribution >= 0.6 is 11.3 Å². The molecule has 0 aliphatic carbocycles. The zero-order valence-corrected chi connectivity index (χ0v) is 12.6. The van der Waals surface area contributed by atoms with Crippen LogP contribution in [-0.2, 0) is 4.79 Å². The Bertz CT molecular complexity index is 632. The number of amides is 2. The number of primary amides is 1. The first-order chi connectivity index (χ1) is 10.1. The second-order valence-electron chi connectivity index (χ2n) is 4.44. The first kappa shape index (κ1) is 15.2. The normalized spacial score (nSPS) is 10.8. The van der Waals surface area contributed by atoms with Crippen LogP contribution in [0, 0.1) is 5.92 Å². The molecule has 0 radical (unpaired) electrons. The largest absolute Gasteiger partial charge is 0.365 e. The van der Waals surface area contributed by atoms with Crippen LogP contribution in [0.1, 0.15) is 37.0 Å². The van der Waals surface area contributed by atoms with Crippen LogP contribution in [0.15, 0.2) is 16.1 Å². The third-order valence-electron chi connectivity index (χ3n) is 3.17. The summed E-state index contributed by atoms with van der Waals surface area (Å²) in [5, 5.41) is 8.64. The second kappa shape index (κ2) is 6.49. The third kappa shape index (κ3) is 3.10. The van der Waals surface area contributed by atoms with Gasteiger partial charge in [-0.15, -0.1) is 11.3 Å². The van der Waals surface area contributed by atoms with Gasteiger partial charge in [0.15, 0.2) is 5.69 Å². The Hall–Kier alpha value is -2.22. The molecule has 2 amide bonds. The van der Waals surface area contributed by atoms with Gasteiger partial charge in [-0.05, 0) is 12.8 Å². The number of aromatic nitrogens is 2.